The van der Waals surface area contributed by atoms with E-state index in [4.69, 9.17) is 4.74 Å². The number of nitrogens with zero attached hydrogens (tertiary/aromatic N) is 2. The number of benzene rings is 3. The highest BCUT2D eigenvalue weighted by atomic mass is 32.2. The summed E-state index contributed by atoms with van der Waals surface area (Å²) in [5, 5.41) is 2.89. The molecule has 0 radical (unpaired) electrons. The number of hydrogen-bond acceptors (Lipinski definition) is 5. The average Bonchev–Trinajstić information content (AvgIpc) is 2.93. The van der Waals surface area contributed by atoms with Gasteiger partial charge in [-0.2, -0.15) is 0 Å². The number of nitrogens with one attached hydrogen (secondary N) is 1. The van der Waals surface area contributed by atoms with Crippen molar-refractivity contribution in [2.45, 2.75) is 52.1 Å². The van der Waals surface area contributed by atoms with Gasteiger partial charge in [0.2, 0.25) is 11.8 Å². The summed E-state index contributed by atoms with van der Waals surface area (Å²) in [6.45, 7) is 9.53. The molecule has 0 aliphatic heterocycles. The van der Waals surface area contributed by atoms with E-state index >= 15 is 0 Å². The largest absolute Gasteiger partial charge is 0.495 e. The van der Waals surface area contributed by atoms with Crippen molar-refractivity contribution in [3.05, 3.63) is 89.5 Å². The topological polar surface area (TPSA) is 96.0 Å². The molecule has 40 heavy (non-hydrogen) atoms. The summed E-state index contributed by atoms with van der Waals surface area (Å²) in [6, 6.07) is 19.9. The molecule has 0 saturated carbocycles. The number of hydrogen-bond donors (Lipinski definition) is 1. The van der Waals surface area contributed by atoms with Gasteiger partial charge in [0.1, 0.15) is 18.3 Å². The molecule has 2 amide bonds. The van der Waals surface area contributed by atoms with E-state index in [1.807, 2.05) is 52.0 Å². The normalized spacial score (nSPS) is 12.1. The van der Waals surface area contributed by atoms with Gasteiger partial charge < -0.3 is 15.0 Å². The monoisotopic (exact) mass is 565 g/mol. The first kappa shape index (κ1) is 30.7. The molecule has 1 N–H and O–H groups in total. The van der Waals surface area contributed by atoms with Crippen LogP contribution < -0.4 is 14.4 Å². The third-order valence-electron chi connectivity index (χ3n) is 6.53. The fourth-order valence-electron chi connectivity index (χ4n) is 4.23. The van der Waals surface area contributed by atoms with E-state index in [2.05, 4.69) is 5.32 Å². The summed E-state index contributed by atoms with van der Waals surface area (Å²) in [7, 11) is -2.73. The van der Waals surface area contributed by atoms with Gasteiger partial charge >= 0.3 is 0 Å². The second-order valence-corrected chi connectivity index (χ2v) is 12.2. The van der Waals surface area contributed by atoms with Crippen molar-refractivity contribution in [2.24, 2.45) is 5.92 Å². The number of amides is 2. The summed E-state index contributed by atoms with van der Waals surface area (Å²) < 4.78 is 34.5. The lowest BCUT2D eigenvalue weighted by Gasteiger charge is -2.32. The van der Waals surface area contributed by atoms with Crippen molar-refractivity contribution < 1.29 is 22.7 Å². The van der Waals surface area contributed by atoms with E-state index < -0.39 is 28.5 Å². The van der Waals surface area contributed by atoms with Crippen LogP contribution in [0.2, 0.25) is 0 Å². The molecule has 214 valence electrons. The van der Waals surface area contributed by atoms with Crippen LogP contribution in [-0.2, 0) is 26.2 Å². The second-order valence-electron chi connectivity index (χ2n) is 10.3. The quantitative estimate of drug-likeness (QED) is 0.344. The van der Waals surface area contributed by atoms with Crippen LogP contribution in [-0.4, -0.2) is 51.4 Å². The van der Waals surface area contributed by atoms with Gasteiger partial charge in [-0.1, -0.05) is 73.5 Å². The highest BCUT2D eigenvalue weighted by Crippen LogP contribution is 2.32. The average molecular weight is 566 g/mol. The third-order valence-corrected chi connectivity index (χ3v) is 8.30. The number of aryl methyl sites for hydroxylation is 2. The van der Waals surface area contributed by atoms with E-state index in [1.165, 1.54) is 24.1 Å². The van der Waals surface area contributed by atoms with Crippen LogP contribution in [0.25, 0.3) is 0 Å². The lowest BCUT2D eigenvalue weighted by atomic mass is 10.1. The maximum Gasteiger partial charge on any atom is 0.264 e. The molecule has 0 aromatic heterocycles. The summed E-state index contributed by atoms with van der Waals surface area (Å²) in [5.41, 5.74) is 2.98. The smallest absolute Gasteiger partial charge is 0.264 e. The van der Waals surface area contributed by atoms with E-state index in [1.54, 1.807) is 43.3 Å². The SMILES string of the molecule is COc1ccccc1N(CC(=O)N(Cc1cccc(C)c1)C(C)C(=O)NCC(C)C)S(=O)(=O)c1ccc(C)cc1. The van der Waals surface area contributed by atoms with E-state index in [0.717, 1.165) is 21.0 Å². The fraction of sp³-hybridized carbons (Fsp3) is 0.355. The molecule has 0 aliphatic rings. The first-order valence-electron chi connectivity index (χ1n) is 13.3. The number of methoxy groups -OCH3 is 1. The van der Waals surface area contributed by atoms with E-state index in [9.17, 15) is 18.0 Å². The molecule has 0 saturated heterocycles. The van der Waals surface area contributed by atoms with Crippen molar-refractivity contribution in [2.75, 3.05) is 24.5 Å². The van der Waals surface area contributed by atoms with Gasteiger partial charge in [-0.05, 0) is 56.5 Å². The molecule has 0 fully saturated rings. The van der Waals surface area contributed by atoms with Crippen molar-refractivity contribution in [3.63, 3.8) is 0 Å². The molecule has 1 atom stereocenters. The number of carbonyl (C=O) groups excluding carboxylic acids is 2. The Balaban J connectivity index is 2.05. The highest BCUT2D eigenvalue weighted by Gasteiger charge is 2.33. The number of para-hydroxylation sites is 2. The molecule has 0 bridgehead atoms. The van der Waals surface area contributed by atoms with Crippen LogP contribution in [0.1, 0.15) is 37.5 Å². The molecule has 0 spiro atoms. The van der Waals surface area contributed by atoms with Gasteiger partial charge in [-0.15, -0.1) is 0 Å². The van der Waals surface area contributed by atoms with Gasteiger partial charge in [0.05, 0.1) is 17.7 Å². The summed E-state index contributed by atoms with van der Waals surface area (Å²) in [4.78, 5) is 28.6. The zero-order chi connectivity index (χ0) is 29.4. The molecule has 0 heterocycles. The van der Waals surface area contributed by atoms with Crippen LogP contribution >= 0.6 is 0 Å². The number of rotatable bonds is 12. The van der Waals surface area contributed by atoms with Crippen molar-refractivity contribution in [3.8, 4) is 5.75 Å². The van der Waals surface area contributed by atoms with E-state index in [0.29, 0.717) is 12.3 Å². The lowest BCUT2D eigenvalue weighted by Crippen LogP contribution is -2.51. The number of sulfonamides is 1. The van der Waals surface area contributed by atoms with Crippen LogP contribution in [0.5, 0.6) is 5.75 Å². The fourth-order valence-corrected chi connectivity index (χ4v) is 5.65. The van der Waals surface area contributed by atoms with Crippen LogP contribution in [0.15, 0.2) is 77.7 Å². The summed E-state index contributed by atoms with van der Waals surface area (Å²) >= 11 is 0. The Hall–Kier alpha value is -3.85. The Kier molecular flexibility index (Phi) is 10.3. The van der Waals surface area contributed by atoms with Crippen LogP contribution in [0, 0.1) is 19.8 Å². The van der Waals surface area contributed by atoms with Crippen molar-refractivity contribution in [1.29, 1.82) is 0 Å². The van der Waals surface area contributed by atoms with Gasteiger partial charge in [0.15, 0.2) is 0 Å². The first-order chi connectivity index (χ1) is 18.9. The zero-order valence-electron chi connectivity index (χ0n) is 24.0. The molecule has 9 heteroatoms. The Labute approximate surface area is 238 Å². The molecule has 1 unspecified atom stereocenters. The van der Waals surface area contributed by atoms with Crippen molar-refractivity contribution >= 4 is 27.5 Å². The third kappa shape index (κ3) is 7.63. The van der Waals surface area contributed by atoms with E-state index in [-0.39, 0.29) is 29.0 Å². The van der Waals surface area contributed by atoms with Gasteiger partial charge in [0, 0.05) is 13.1 Å². The number of anilines is 1. The molecular formula is C31H39N3O5S. The predicted molar refractivity (Wildman–Crippen MR) is 158 cm³/mol. The number of carbonyl (C=O) groups is 2. The Morgan fingerprint density at radius 3 is 2.20 bits per heavy atom. The molecular weight excluding hydrogens is 526 g/mol. The zero-order valence-corrected chi connectivity index (χ0v) is 24.9. The number of ether oxygens (including phenoxy) is 1. The summed E-state index contributed by atoms with van der Waals surface area (Å²) in [6.07, 6.45) is 0. The van der Waals surface area contributed by atoms with Crippen LogP contribution in [0.4, 0.5) is 5.69 Å². The van der Waals surface area contributed by atoms with Gasteiger partial charge in [0.25, 0.3) is 10.0 Å². The Morgan fingerprint density at radius 1 is 0.900 bits per heavy atom. The van der Waals surface area contributed by atoms with Crippen molar-refractivity contribution in [1.82, 2.24) is 10.2 Å². The Morgan fingerprint density at radius 2 is 1.57 bits per heavy atom. The minimum Gasteiger partial charge on any atom is -0.495 e. The maximum atomic E-state index is 14.0. The lowest BCUT2D eigenvalue weighted by molar-refractivity contribution is -0.139. The second kappa shape index (κ2) is 13.5. The molecule has 3 rings (SSSR count). The predicted octanol–water partition coefficient (Wildman–Crippen LogP) is 4.70. The van der Waals surface area contributed by atoms with Gasteiger partial charge in [-0.3, -0.25) is 13.9 Å². The van der Waals surface area contributed by atoms with Gasteiger partial charge in [-0.25, -0.2) is 8.42 Å². The first-order valence-corrected chi connectivity index (χ1v) is 14.7. The molecule has 0 aliphatic carbocycles. The minimum absolute atomic E-state index is 0.0461. The standard InChI is InChI=1S/C31H39N3O5S/c1-22(2)19-32-31(36)25(5)33(20-26-11-9-10-24(4)18-26)30(35)21-34(28-12-7-8-13-29(28)39-6)40(37,38)27-16-14-23(3)15-17-27/h7-18,22,25H,19-21H2,1-6H3,(H,32,36). The Bertz CT molecular complexity index is 1420. The van der Waals surface area contributed by atoms with Crippen LogP contribution in [0.3, 0.4) is 0 Å². The molecule has 3 aromatic carbocycles. The molecule has 8 nitrogen and oxygen atoms in total. The molecule has 3 aromatic rings. The highest BCUT2D eigenvalue weighted by molar-refractivity contribution is 7.92. The minimum atomic E-state index is -4.17. The summed E-state index contributed by atoms with van der Waals surface area (Å²) in [5.74, 6) is -0.285. The maximum absolute atomic E-state index is 14.0.